The number of urea groups is 1. The van der Waals surface area contributed by atoms with Crippen LogP contribution in [0, 0.1) is 5.92 Å². The molecule has 0 aromatic heterocycles. The van der Waals surface area contributed by atoms with Gasteiger partial charge in [-0.3, -0.25) is 0 Å². The number of hydrogen-bond acceptors (Lipinski definition) is 3. The molecule has 1 atom stereocenters. The van der Waals surface area contributed by atoms with Crippen LogP contribution in [0.4, 0.5) is 4.79 Å². The first kappa shape index (κ1) is 20.2. The van der Waals surface area contributed by atoms with Crippen LogP contribution in [-0.4, -0.2) is 42.3 Å². The van der Waals surface area contributed by atoms with Gasteiger partial charge in [-0.1, -0.05) is 42.5 Å². The van der Waals surface area contributed by atoms with Gasteiger partial charge in [0.2, 0.25) is 0 Å². The molecule has 2 aromatic rings. The molecule has 0 unspecified atom stereocenters. The Bertz CT molecular complexity index is 743. The number of ether oxygens (including phenoxy) is 1. The zero-order valence-corrected chi connectivity index (χ0v) is 16.5. The molecule has 2 N–H and O–H groups in total. The summed E-state index contributed by atoms with van der Waals surface area (Å²) in [4.78, 5) is 14.3. The summed E-state index contributed by atoms with van der Waals surface area (Å²) < 4.78 is 5.21. The van der Waals surface area contributed by atoms with Gasteiger partial charge in [0.25, 0.3) is 0 Å². The highest BCUT2D eigenvalue weighted by Gasteiger charge is 2.27. The van der Waals surface area contributed by atoms with E-state index in [-0.39, 0.29) is 18.1 Å². The summed E-state index contributed by atoms with van der Waals surface area (Å²) in [7, 11) is 1.64. The molecule has 1 aliphatic rings. The molecule has 3 rings (SSSR count). The smallest absolute Gasteiger partial charge is 0.317 e. The van der Waals surface area contributed by atoms with Crippen molar-refractivity contribution in [3.8, 4) is 5.75 Å². The fourth-order valence-electron chi connectivity index (χ4n) is 3.75. The number of carbonyl (C=O) groups is 1. The molecular formula is C23H30N2O3. The number of nitrogens with zero attached hydrogens (tertiary/aromatic N) is 1. The van der Waals surface area contributed by atoms with Gasteiger partial charge in [0.05, 0.1) is 13.2 Å². The van der Waals surface area contributed by atoms with Gasteiger partial charge in [-0.15, -0.1) is 0 Å². The second kappa shape index (κ2) is 10.1. The maximum Gasteiger partial charge on any atom is 0.317 e. The van der Waals surface area contributed by atoms with Crippen LogP contribution < -0.4 is 10.1 Å². The van der Waals surface area contributed by atoms with Crippen LogP contribution in [0.15, 0.2) is 54.6 Å². The number of likely N-dealkylation sites (tertiary alicyclic amines) is 1. The van der Waals surface area contributed by atoms with Crippen molar-refractivity contribution < 1.29 is 14.6 Å². The molecule has 0 spiro atoms. The quantitative estimate of drug-likeness (QED) is 0.769. The Hall–Kier alpha value is -2.53. The highest BCUT2D eigenvalue weighted by molar-refractivity contribution is 5.74. The van der Waals surface area contributed by atoms with Gasteiger partial charge in [0, 0.05) is 19.6 Å². The molecule has 1 saturated heterocycles. The minimum Gasteiger partial charge on any atom is -0.497 e. The van der Waals surface area contributed by atoms with Crippen LogP contribution in [0.1, 0.15) is 30.4 Å². The number of aliphatic hydroxyl groups is 1. The lowest BCUT2D eigenvalue weighted by molar-refractivity contribution is 0.0610. The number of amides is 2. The Kier molecular flexibility index (Phi) is 7.31. The zero-order chi connectivity index (χ0) is 19.8. The van der Waals surface area contributed by atoms with Gasteiger partial charge >= 0.3 is 6.03 Å². The third-order valence-electron chi connectivity index (χ3n) is 5.52. The lowest BCUT2D eigenvalue weighted by Gasteiger charge is -2.34. The molecule has 1 heterocycles. The number of hydrogen-bond donors (Lipinski definition) is 2. The summed E-state index contributed by atoms with van der Waals surface area (Å²) in [6, 6.07) is 17.9. The molecule has 0 bridgehead atoms. The van der Waals surface area contributed by atoms with Crippen molar-refractivity contribution in [1.29, 1.82) is 0 Å². The number of methoxy groups -OCH3 is 1. The molecule has 1 fully saturated rings. The minimum atomic E-state index is -0.304. The van der Waals surface area contributed by atoms with E-state index in [0.29, 0.717) is 19.6 Å². The molecule has 0 aliphatic carbocycles. The highest BCUT2D eigenvalue weighted by atomic mass is 16.5. The Morgan fingerprint density at radius 3 is 2.57 bits per heavy atom. The summed E-state index contributed by atoms with van der Waals surface area (Å²) in [5.74, 6) is 1.06. The van der Waals surface area contributed by atoms with Crippen molar-refractivity contribution in [3.05, 3.63) is 65.7 Å². The Morgan fingerprint density at radius 1 is 1.14 bits per heavy atom. The van der Waals surface area contributed by atoms with E-state index in [1.165, 1.54) is 5.56 Å². The van der Waals surface area contributed by atoms with Crippen molar-refractivity contribution in [2.24, 2.45) is 5.92 Å². The number of aryl methyl sites for hydroxylation is 1. The second-order valence-corrected chi connectivity index (χ2v) is 7.43. The van der Waals surface area contributed by atoms with E-state index in [1.807, 2.05) is 47.4 Å². The summed E-state index contributed by atoms with van der Waals surface area (Å²) in [6.45, 7) is 1.86. The maximum atomic E-state index is 12.4. The highest BCUT2D eigenvalue weighted by Crippen LogP contribution is 2.23. The maximum absolute atomic E-state index is 12.4. The molecule has 2 aromatic carbocycles. The average Bonchev–Trinajstić information content (AvgIpc) is 2.76. The van der Waals surface area contributed by atoms with Crippen LogP contribution in [0.25, 0.3) is 0 Å². The van der Waals surface area contributed by atoms with E-state index >= 15 is 0 Å². The normalized spacial score (nSPS) is 15.9. The van der Waals surface area contributed by atoms with E-state index in [2.05, 4.69) is 17.4 Å². The first-order valence-electron chi connectivity index (χ1n) is 10.0. The summed E-state index contributed by atoms with van der Waals surface area (Å²) in [6.07, 6.45) is 3.06. The molecule has 2 amide bonds. The van der Waals surface area contributed by atoms with E-state index in [4.69, 9.17) is 4.74 Å². The number of piperidine rings is 1. The minimum absolute atomic E-state index is 0.0416. The van der Waals surface area contributed by atoms with Crippen molar-refractivity contribution >= 4 is 6.03 Å². The standard InChI is InChI=1S/C23H30N2O3/c1-28-21-9-5-8-19(16-21)17-24-23(27)25-14-12-20(13-15-25)22(26)11-10-18-6-3-2-4-7-18/h2-9,16,20,22,26H,10-15,17H2,1H3,(H,24,27)/t22-/m1/s1. The lowest BCUT2D eigenvalue weighted by Crippen LogP contribution is -2.45. The van der Waals surface area contributed by atoms with Crippen LogP contribution >= 0.6 is 0 Å². The van der Waals surface area contributed by atoms with E-state index in [9.17, 15) is 9.90 Å². The van der Waals surface area contributed by atoms with Crippen molar-refractivity contribution in [1.82, 2.24) is 10.2 Å². The van der Waals surface area contributed by atoms with Gasteiger partial charge in [-0.2, -0.15) is 0 Å². The number of nitrogens with one attached hydrogen (secondary N) is 1. The van der Waals surface area contributed by atoms with Crippen LogP contribution in [0.2, 0.25) is 0 Å². The van der Waals surface area contributed by atoms with Gasteiger partial charge in [0.15, 0.2) is 0 Å². The van der Waals surface area contributed by atoms with Crippen LogP contribution in [-0.2, 0) is 13.0 Å². The molecule has 28 heavy (non-hydrogen) atoms. The number of aliphatic hydroxyl groups excluding tert-OH is 1. The van der Waals surface area contributed by atoms with E-state index in [0.717, 1.165) is 37.0 Å². The first-order chi connectivity index (χ1) is 13.7. The van der Waals surface area contributed by atoms with Crippen LogP contribution in [0.5, 0.6) is 5.75 Å². The molecule has 5 nitrogen and oxygen atoms in total. The van der Waals surface area contributed by atoms with Gasteiger partial charge in [-0.25, -0.2) is 4.79 Å². The van der Waals surface area contributed by atoms with Crippen LogP contribution in [0.3, 0.4) is 0 Å². The fourth-order valence-corrected chi connectivity index (χ4v) is 3.75. The monoisotopic (exact) mass is 382 g/mol. The van der Waals surface area contributed by atoms with Gasteiger partial charge in [0.1, 0.15) is 5.75 Å². The summed E-state index contributed by atoms with van der Waals surface area (Å²) in [5, 5.41) is 13.5. The summed E-state index contributed by atoms with van der Waals surface area (Å²) >= 11 is 0. The predicted molar refractivity (Wildman–Crippen MR) is 110 cm³/mol. The van der Waals surface area contributed by atoms with E-state index in [1.54, 1.807) is 7.11 Å². The lowest BCUT2D eigenvalue weighted by atomic mass is 9.88. The summed E-state index contributed by atoms with van der Waals surface area (Å²) in [5.41, 5.74) is 2.27. The topological polar surface area (TPSA) is 61.8 Å². The van der Waals surface area contributed by atoms with Gasteiger partial charge < -0.3 is 20.1 Å². The number of benzene rings is 2. The predicted octanol–water partition coefficient (Wildman–Crippen LogP) is 3.61. The molecule has 5 heteroatoms. The largest absolute Gasteiger partial charge is 0.497 e. The number of rotatable bonds is 7. The van der Waals surface area contributed by atoms with Crippen molar-refractivity contribution in [2.75, 3.05) is 20.2 Å². The molecule has 1 aliphatic heterocycles. The Balaban J connectivity index is 1.39. The Labute approximate surface area is 167 Å². The van der Waals surface area contributed by atoms with Crippen molar-refractivity contribution in [3.63, 3.8) is 0 Å². The first-order valence-corrected chi connectivity index (χ1v) is 10.0. The molecule has 0 saturated carbocycles. The third-order valence-corrected chi connectivity index (χ3v) is 5.52. The molecule has 150 valence electrons. The second-order valence-electron chi connectivity index (χ2n) is 7.43. The third kappa shape index (κ3) is 5.73. The Morgan fingerprint density at radius 2 is 1.86 bits per heavy atom. The molecular weight excluding hydrogens is 352 g/mol. The SMILES string of the molecule is COc1cccc(CNC(=O)N2CCC([C@H](O)CCc3ccccc3)CC2)c1. The average molecular weight is 383 g/mol. The number of carbonyl (C=O) groups excluding carboxylic acids is 1. The van der Waals surface area contributed by atoms with Gasteiger partial charge in [-0.05, 0) is 54.9 Å². The van der Waals surface area contributed by atoms with E-state index < -0.39 is 0 Å². The zero-order valence-electron chi connectivity index (χ0n) is 16.5. The molecule has 0 radical (unpaired) electrons. The fraction of sp³-hybridized carbons (Fsp3) is 0.435. The van der Waals surface area contributed by atoms with Crippen molar-refractivity contribution in [2.45, 2.75) is 38.3 Å².